The largest absolute Gasteiger partial charge is 0.462 e. The summed E-state index contributed by atoms with van der Waals surface area (Å²) in [6.45, 7) is 3.84. The second kappa shape index (κ2) is 6.87. The van der Waals surface area contributed by atoms with Crippen LogP contribution in [-0.4, -0.2) is 30.6 Å². The molecule has 1 amide bonds. The van der Waals surface area contributed by atoms with Gasteiger partial charge in [0.1, 0.15) is 11.5 Å². The quantitative estimate of drug-likeness (QED) is 0.541. The Bertz CT molecular complexity index is 1140. The van der Waals surface area contributed by atoms with Gasteiger partial charge in [-0.1, -0.05) is 5.16 Å². The fourth-order valence-corrected chi connectivity index (χ4v) is 2.53. The Morgan fingerprint density at radius 2 is 2.15 bits per heavy atom. The van der Waals surface area contributed by atoms with Crippen LogP contribution in [0.5, 0.6) is 0 Å². The van der Waals surface area contributed by atoms with Crippen molar-refractivity contribution in [3.63, 3.8) is 0 Å². The molecule has 4 rings (SSSR count). The molecule has 0 aliphatic carbocycles. The van der Waals surface area contributed by atoms with Gasteiger partial charge in [0.25, 0.3) is 5.89 Å². The summed E-state index contributed by atoms with van der Waals surface area (Å²) in [6.07, 6.45) is 4.83. The summed E-state index contributed by atoms with van der Waals surface area (Å²) in [7, 11) is 0. The van der Waals surface area contributed by atoms with Crippen molar-refractivity contribution in [3.05, 3.63) is 59.7 Å². The molecule has 0 aliphatic rings. The first-order chi connectivity index (χ1) is 13.1. The second-order valence-corrected chi connectivity index (χ2v) is 5.91. The van der Waals surface area contributed by atoms with Gasteiger partial charge in [0.15, 0.2) is 17.3 Å². The summed E-state index contributed by atoms with van der Waals surface area (Å²) in [4.78, 5) is 16.2. The van der Waals surface area contributed by atoms with Crippen molar-refractivity contribution in [2.45, 2.75) is 20.4 Å². The van der Waals surface area contributed by atoms with Gasteiger partial charge in [-0.3, -0.25) is 9.20 Å². The van der Waals surface area contributed by atoms with E-state index in [1.807, 2.05) is 19.1 Å². The lowest BCUT2D eigenvalue weighted by molar-refractivity contribution is -0.116. The summed E-state index contributed by atoms with van der Waals surface area (Å²) < 4.78 is 12.3. The number of carbonyl (C=O) groups is 1. The number of hydrogen-bond acceptors (Lipinski definition) is 7. The molecule has 1 N–H and O–H groups in total. The molecule has 0 fully saturated rings. The average molecular weight is 364 g/mol. The minimum atomic E-state index is -0.251. The molecule has 0 spiro atoms. The summed E-state index contributed by atoms with van der Waals surface area (Å²) >= 11 is 0. The van der Waals surface area contributed by atoms with Crippen LogP contribution in [0.15, 0.2) is 45.5 Å². The Kier molecular flexibility index (Phi) is 4.25. The van der Waals surface area contributed by atoms with Crippen LogP contribution in [0.3, 0.4) is 0 Å². The van der Waals surface area contributed by atoms with Crippen LogP contribution in [0.4, 0.5) is 0 Å². The number of nitrogens with one attached hydrogen (secondary N) is 1. The van der Waals surface area contributed by atoms with Crippen LogP contribution < -0.4 is 5.32 Å². The highest BCUT2D eigenvalue weighted by molar-refractivity contribution is 5.91. The number of aryl methyl sites for hydroxylation is 2. The van der Waals surface area contributed by atoms with Crippen molar-refractivity contribution in [1.82, 2.24) is 30.1 Å². The molecular formula is C18H16N6O3. The van der Waals surface area contributed by atoms with Crippen LogP contribution in [0.2, 0.25) is 0 Å². The molecule has 0 radical (unpaired) electrons. The summed E-state index contributed by atoms with van der Waals surface area (Å²) in [5.41, 5.74) is 1.37. The Balaban J connectivity index is 1.44. The fraction of sp³-hybridized carbons (Fsp3) is 0.167. The van der Waals surface area contributed by atoms with E-state index in [-0.39, 0.29) is 12.5 Å². The molecule has 27 heavy (non-hydrogen) atoms. The molecule has 0 unspecified atom stereocenters. The van der Waals surface area contributed by atoms with Gasteiger partial charge in [-0.2, -0.15) is 4.98 Å². The van der Waals surface area contributed by atoms with E-state index < -0.39 is 0 Å². The normalized spacial score (nSPS) is 11.5. The van der Waals surface area contributed by atoms with E-state index in [4.69, 9.17) is 8.94 Å². The van der Waals surface area contributed by atoms with Gasteiger partial charge in [-0.25, -0.2) is 0 Å². The lowest BCUT2D eigenvalue weighted by Gasteiger charge is -2.02. The molecule has 0 aliphatic heterocycles. The molecule has 4 aromatic heterocycles. The minimum absolute atomic E-state index is 0.237. The number of hydrogen-bond donors (Lipinski definition) is 1. The lowest BCUT2D eigenvalue weighted by Crippen LogP contribution is -2.21. The van der Waals surface area contributed by atoms with Crippen molar-refractivity contribution in [2.24, 2.45) is 0 Å². The zero-order valence-corrected chi connectivity index (χ0v) is 14.7. The molecule has 0 bridgehead atoms. The van der Waals surface area contributed by atoms with Gasteiger partial charge >= 0.3 is 0 Å². The van der Waals surface area contributed by atoms with Gasteiger partial charge < -0.3 is 14.3 Å². The molecule has 4 aromatic rings. The van der Waals surface area contributed by atoms with Crippen molar-refractivity contribution in [2.75, 3.05) is 0 Å². The van der Waals surface area contributed by atoms with Crippen LogP contribution in [0.25, 0.3) is 23.2 Å². The highest BCUT2D eigenvalue weighted by Crippen LogP contribution is 2.18. The van der Waals surface area contributed by atoms with Gasteiger partial charge in [-0.05, 0) is 44.2 Å². The Morgan fingerprint density at radius 3 is 2.89 bits per heavy atom. The van der Waals surface area contributed by atoms with E-state index in [2.05, 4.69) is 25.7 Å². The number of amides is 1. The SMILES string of the molecule is Cc1noc(-c2ccn3c(CNC(=O)C=Cc4ccc(C)o4)nnc3c2)n1. The Labute approximate surface area is 153 Å². The Morgan fingerprint density at radius 1 is 1.26 bits per heavy atom. The monoisotopic (exact) mass is 364 g/mol. The first-order valence-corrected chi connectivity index (χ1v) is 8.25. The predicted molar refractivity (Wildman–Crippen MR) is 95.3 cm³/mol. The first kappa shape index (κ1) is 16.7. The number of pyridine rings is 1. The third-order valence-electron chi connectivity index (χ3n) is 3.84. The van der Waals surface area contributed by atoms with E-state index in [9.17, 15) is 4.79 Å². The standard InChI is InChI=1S/C18H16N6O3/c1-11-3-4-14(26-11)5-6-17(25)19-10-16-22-21-15-9-13(7-8-24(15)16)18-20-12(2)23-27-18/h3-9H,10H2,1-2H3,(H,19,25). The van der Waals surface area contributed by atoms with Gasteiger partial charge in [0.2, 0.25) is 5.91 Å². The topological polar surface area (TPSA) is 111 Å². The van der Waals surface area contributed by atoms with Crippen LogP contribution in [-0.2, 0) is 11.3 Å². The highest BCUT2D eigenvalue weighted by atomic mass is 16.5. The second-order valence-electron chi connectivity index (χ2n) is 5.91. The maximum atomic E-state index is 12.0. The number of fused-ring (bicyclic) bond motifs is 1. The van der Waals surface area contributed by atoms with Crippen LogP contribution >= 0.6 is 0 Å². The third-order valence-corrected chi connectivity index (χ3v) is 3.84. The van der Waals surface area contributed by atoms with Gasteiger partial charge in [0, 0.05) is 17.8 Å². The number of furan rings is 1. The molecule has 0 saturated carbocycles. The average Bonchev–Trinajstić information content (AvgIpc) is 3.37. The number of rotatable bonds is 5. The molecule has 0 saturated heterocycles. The van der Waals surface area contributed by atoms with E-state index in [0.717, 1.165) is 11.3 Å². The molecule has 9 heteroatoms. The van der Waals surface area contributed by atoms with Crippen molar-refractivity contribution < 1.29 is 13.7 Å². The zero-order valence-electron chi connectivity index (χ0n) is 14.7. The van der Waals surface area contributed by atoms with E-state index in [1.54, 1.807) is 35.7 Å². The fourth-order valence-electron chi connectivity index (χ4n) is 2.53. The first-order valence-electron chi connectivity index (χ1n) is 8.25. The molecule has 0 atom stereocenters. The van der Waals surface area contributed by atoms with E-state index in [1.165, 1.54) is 6.08 Å². The maximum Gasteiger partial charge on any atom is 0.258 e. The number of nitrogens with zero attached hydrogens (tertiary/aromatic N) is 5. The summed E-state index contributed by atoms with van der Waals surface area (Å²) in [6, 6.07) is 7.26. The van der Waals surface area contributed by atoms with Gasteiger partial charge in [0.05, 0.1) is 6.54 Å². The number of aromatic nitrogens is 5. The van der Waals surface area contributed by atoms with Gasteiger partial charge in [-0.15, -0.1) is 10.2 Å². The molecule has 4 heterocycles. The van der Waals surface area contributed by atoms with Crippen LogP contribution in [0, 0.1) is 13.8 Å². The van der Waals surface area contributed by atoms with Crippen LogP contribution in [0.1, 0.15) is 23.2 Å². The summed E-state index contributed by atoms with van der Waals surface area (Å²) in [5, 5.41) is 14.8. The molecule has 136 valence electrons. The Hall–Kier alpha value is -3.75. The number of carbonyl (C=O) groups excluding carboxylic acids is 1. The predicted octanol–water partition coefficient (Wildman–Crippen LogP) is 2.32. The smallest absolute Gasteiger partial charge is 0.258 e. The summed E-state index contributed by atoms with van der Waals surface area (Å²) in [5.74, 6) is 2.76. The zero-order chi connectivity index (χ0) is 18.8. The highest BCUT2D eigenvalue weighted by Gasteiger charge is 2.11. The molecular weight excluding hydrogens is 348 g/mol. The van der Waals surface area contributed by atoms with Crippen molar-refractivity contribution >= 4 is 17.6 Å². The molecule has 9 nitrogen and oxygen atoms in total. The lowest BCUT2D eigenvalue weighted by atomic mass is 10.2. The van der Waals surface area contributed by atoms with Crippen molar-refractivity contribution in [1.29, 1.82) is 0 Å². The van der Waals surface area contributed by atoms with E-state index >= 15 is 0 Å². The maximum absolute atomic E-state index is 12.0. The minimum Gasteiger partial charge on any atom is -0.462 e. The van der Waals surface area contributed by atoms with E-state index in [0.29, 0.717) is 28.9 Å². The van der Waals surface area contributed by atoms with Crippen molar-refractivity contribution in [3.8, 4) is 11.5 Å². The molecule has 0 aromatic carbocycles. The third kappa shape index (κ3) is 3.61.